The molecule has 1 saturated heterocycles. The van der Waals surface area contributed by atoms with Gasteiger partial charge in [0.2, 0.25) is 5.91 Å². The number of piperazine rings is 1. The first-order valence-electron chi connectivity index (χ1n) is 10.2. The van der Waals surface area contributed by atoms with E-state index in [-0.39, 0.29) is 11.3 Å². The second-order valence-corrected chi connectivity index (χ2v) is 9.51. The van der Waals surface area contributed by atoms with E-state index in [0.717, 1.165) is 49.7 Å². The highest BCUT2D eigenvalue weighted by molar-refractivity contribution is 7.09. The topological polar surface area (TPSA) is 80.0 Å². The van der Waals surface area contributed by atoms with E-state index >= 15 is 0 Å². The normalized spacial score (nSPS) is 15.5. The fourth-order valence-corrected chi connectivity index (χ4v) is 4.34. The van der Waals surface area contributed by atoms with Crippen LogP contribution in [0.3, 0.4) is 0 Å². The van der Waals surface area contributed by atoms with Crippen LogP contribution < -0.4 is 0 Å². The van der Waals surface area contributed by atoms with Crippen molar-refractivity contribution in [3.63, 3.8) is 0 Å². The Kier molecular flexibility index (Phi) is 5.92. The number of tetrazole rings is 1. The number of benzene rings is 1. The van der Waals surface area contributed by atoms with Crippen molar-refractivity contribution in [1.82, 2.24) is 35.0 Å². The first kappa shape index (κ1) is 20.6. The van der Waals surface area contributed by atoms with Crippen molar-refractivity contribution in [2.24, 2.45) is 0 Å². The number of aromatic nitrogens is 5. The molecule has 3 aromatic rings. The number of amides is 1. The van der Waals surface area contributed by atoms with Gasteiger partial charge in [-0.2, -0.15) is 0 Å². The highest BCUT2D eigenvalue weighted by atomic mass is 32.1. The Balaban J connectivity index is 1.26. The smallest absolute Gasteiger partial charge is 0.227 e. The van der Waals surface area contributed by atoms with Gasteiger partial charge in [-0.25, -0.2) is 9.67 Å². The van der Waals surface area contributed by atoms with Crippen LogP contribution in [0.2, 0.25) is 0 Å². The highest BCUT2D eigenvalue weighted by Crippen LogP contribution is 2.26. The lowest BCUT2D eigenvalue weighted by Gasteiger charge is -2.34. The largest absolute Gasteiger partial charge is 0.340 e. The standard InChI is InChI=1S/C21H27N7OS/c1-21(2,3)20-23-17(14-30-20)13-26-8-10-27(11-9-26)19(29)12-16-4-6-18(7-5-16)28-15-22-24-25-28/h4-7,14-15H,8-13H2,1-3H3. The molecule has 2 aromatic heterocycles. The first-order valence-corrected chi connectivity index (χ1v) is 11.0. The molecular formula is C21H27N7OS. The lowest BCUT2D eigenvalue weighted by atomic mass is 9.98. The second-order valence-electron chi connectivity index (χ2n) is 8.65. The van der Waals surface area contributed by atoms with Gasteiger partial charge >= 0.3 is 0 Å². The Morgan fingerprint density at radius 1 is 1.10 bits per heavy atom. The van der Waals surface area contributed by atoms with Gasteiger partial charge in [-0.3, -0.25) is 9.69 Å². The number of hydrogen-bond acceptors (Lipinski definition) is 7. The van der Waals surface area contributed by atoms with Crippen LogP contribution in [0.4, 0.5) is 0 Å². The van der Waals surface area contributed by atoms with E-state index in [1.54, 1.807) is 22.3 Å². The van der Waals surface area contributed by atoms with E-state index in [2.05, 4.69) is 46.6 Å². The summed E-state index contributed by atoms with van der Waals surface area (Å²) in [5, 5.41) is 14.5. The van der Waals surface area contributed by atoms with Crippen LogP contribution in [0.25, 0.3) is 5.69 Å². The Labute approximate surface area is 180 Å². The maximum absolute atomic E-state index is 12.7. The number of carbonyl (C=O) groups excluding carboxylic acids is 1. The van der Waals surface area contributed by atoms with Gasteiger partial charge in [0.25, 0.3) is 0 Å². The number of rotatable bonds is 5. The number of thiazole rings is 1. The SMILES string of the molecule is CC(C)(C)c1nc(CN2CCN(C(=O)Cc3ccc(-n4cnnn4)cc3)CC2)cs1. The van der Waals surface area contributed by atoms with Gasteiger partial charge in [0.15, 0.2) is 0 Å². The van der Waals surface area contributed by atoms with Crippen LogP contribution in [-0.4, -0.2) is 67.1 Å². The van der Waals surface area contributed by atoms with Crippen molar-refractivity contribution in [2.45, 2.75) is 39.2 Å². The summed E-state index contributed by atoms with van der Waals surface area (Å²) in [6.45, 7) is 10.7. The Bertz CT molecular complexity index is 968. The zero-order valence-electron chi connectivity index (χ0n) is 17.7. The molecule has 0 saturated carbocycles. The van der Waals surface area contributed by atoms with E-state index < -0.39 is 0 Å². The van der Waals surface area contributed by atoms with E-state index in [1.807, 2.05) is 29.2 Å². The van der Waals surface area contributed by atoms with E-state index in [4.69, 9.17) is 4.98 Å². The minimum Gasteiger partial charge on any atom is -0.340 e. The summed E-state index contributed by atoms with van der Waals surface area (Å²) in [4.78, 5) is 21.9. The molecule has 1 amide bonds. The fraction of sp³-hybridized carbons (Fsp3) is 0.476. The average Bonchev–Trinajstić information content (AvgIpc) is 3.41. The first-order chi connectivity index (χ1) is 14.4. The van der Waals surface area contributed by atoms with Crippen molar-refractivity contribution in [1.29, 1.82) is 0 Å². The molecule has 0 N–H and O–H groups in total. The Morgan fingerprint density at radius 3 is 2.43 bits per heavy atom. The van der Waals surface area contributed by atoms with Gasteiger partial charge in [-0.15, -0.1) is 16.4 Å². The third-order valence-corrected chi connectivity index (χ3v) is 6.53. The van der Waals surface area contributed by atoms with Crippen molar-refractivity contribution < 1.29 is 4.79 Å². The molecule has 0 radical (unpaired) electrons. The highest BCUT2D eigenvalue weighted by Gasteiger charge is 2.23. The van der Waals surface area contributed by atoms with Gasteiger partial charge in [-0.1, -0.05) is 32.9 Å². The monoisotopic (exact) mass is 425 g/mol. The second kappa shape index (κ2) is 8.61. The van der Waals surface area contributed by atoms with E-state index in [9.17, 15) is 4.79 Å². The summed E-state index contributed by atoms with van der Waals surface area (Å²) in [5.41, 5.74) is 3.10. The van der Waals surface area contributed by atoms with Crippen LogP contribution in [0.1, 0.15) is 37.0 Å². The van der Waals surface area contributed by atoms with Gasteiger partial charge in [-0.05, 0) is 28.1 Å². The molecule has 0 bridgehead atoms. The number of carbonyl (C=O) groups is 1. The molecule has 0 aliphatic carbocycles. The Hall–Kier alpha value is -2.65. The summed E-state index contributed by atoms with van der Waals surface area (Å²) in [5.74, 6) is 0.175. The molecule has 30 heavy (non-hydrogen) atoms. The molecule has 0 spiro atoms. The molecule has 9 heteroatoms. The van der Waals surface area contributed by atoms with Crippen LogP contribution in [0.15, 0.2) is 36.0 Å². The molecule has 8 nitrogen and oxygen atoms in total. The molecular weight excluding hydrogens is 398 g/mol. The summed E-state index contributed by atoms with van der Waals surface area (Å²) in [7, 11) is 0. The van der Waals surface area contributed by atoms with Crippen LogP contribution in [-0.2, 0) is 23.2 Å². The molecule has 1 aliphatic heterocycles. The van der Waals surface area contributed by atoms with Gasteiger partial charge in [0, 0.05) is 43.5 Å². The molecule has 1 aliphatic rings. The molecule has 3 heterocycles. The Morgan fingerprint density at radius 2 is 1.83 bits per heavy atom. The maximum Gasteiger partial charge on any atom is 0.227 e. The molecule has 1 aromatic carbocycles. The zero-order chi connectivity index (χ0) is 21.1. The summed E-state index contributed by atoms with van der Waals surface area (Å²) in [6.07, 6.45) is 1.96. The van der Waals surface area contributed by atoms with Crippen molar-refractivity contribution in [2.75, 3.05) is 26.2 Å². The van der Waals surface area contributed by atoms with Crippen molar-refractivity contribution >= 4 is 17.2 Å². The minimum atomic E-state index is 0.0956. The lowest BCUT2D eigenvalue weighted by Crippen LogP contribution is -2.48. The quantitative estimate of drug-likeness (QED) is 0.624. The van der Waals surface area contributed by atoms with Gasteiger partial charge in [0.1, 0.15) is 6.33 Å². The molecule has 4 rings (SSSR count). The van der Waals surface area contributed by atoms with E-state index in [0.29, 0.717) is 6.42 Å². The maximum atomic E-state index is 12.7. The summed E-state index contributed by atoms with van der Waals surface area (Å²) < 4.78 is 1.59. The van der Waals surface area contributed by atoms with Crippen LogP contribution in [0.5, 0.6) is 0 Å². The molecule has 0 unspecified atom stereocenters. The predicted octanol–water partition coefficient (Wildman–Crippen LogP) is 2.30. The minimum absolute atomic E-state index is 0.0956. The van der Waals surface area contributed by atoms with Gasteiger partial charge in [0.05, 0.1) is 22.8 Å². The van der Waals surface area contributed by atoms with Crippen molar-refractivity contribution in [3.8, 4) is 5.69 Å². The summed E-state index contributed by atoms with van der Waals surface area (Å²) >= 11 is 1.74. The number of hydrogen-bond donors (Lipinski definition) is 0. The van der Waals surface area contributed by atoms with Crippen molar-refractivity contribution in [3.05, 3.63) is 52.2 Å². The van der Waals surface area contributed by atoms with Crippen LogP contribution in [0, 0.1) is 0 Å². The van der Waals surface area contributed by atoms with Gasteiger partial charge < -0.3 is 4.90 Å². The average molecular weight is 426 g/mol. The fourth-order valence-electron chi connectivity index (χ4n) is 3.44. The number of nitrogens with zero attached hydrogens (tertiary/aromatic N) is 7. The molecule has 0 atom stereocenters. The molecule has 1 fully saturated rings. The zero-order valence-corrected chi connectivity index (χ0v) is 18.5. The predicted molar refractivity (Wildman–Crippen MR) is 116 cm³/mol. The van der Waals surface area contributed by atoms with Crippen LogP contribution >= 0.6 is 11.3 Å². The lowest BCUT2D eigenvalue weighted by molar-refractivity contribution is -0.132. The summed E-state index contributed by atoms with van der Waals surface area (Å²) in [6, 6.07) is 7.77. The van der Waals surface area contributed by atoms with E-state index in [1.165, 1.54) is 5.01 Å². The molecule has 158 valence electrons. The third kappa shape index (κ3) is 4.91. The third-order valence-electron chi connectivity index (χ3n) is 5.21.